The third kappa shape index (κ3) is 4.68. The topological polar surface area (TPSA) is 41.5 Å². The van der Waals surface area contributed by atoms with Gasteiger partial charge in [0, 0.05) is 6.04 Å². The minimum atomic E-state index is -4.66. The van der Waals surface area contributed by atoms with Crippen LogP contribution in [0.4, 0.5) is 13.2 Å². The zero-order valence-electron chi connectivity index (χ0n) is 11.8. The van der Waals surface area contributed by atoms with E-state index in [1.165, 1.54) is 0 Å². The van der Waals surface area contributed by atoms with E-state index in [9.17, 15) is 13.2 Å². The molecular weight excluding hydrogens is 271 g/mol. The Balaban J connectivity index is 2.69. The maximum absolute atomic E-state index is 12.2. The number of ether oxygens (including phenoxy) is 1. The number of rotatable bonds is 6. The lowest BCUT2D eigenvalue weighted by molar-refractivity contribution is -0.210. The Labute approximate surface area is 116 Å². The first-order chi connectivity index (χ1) is 9.25. The lowest BCUT2D eigenvalue weighted by Crippen LogP contribution is -2.34. The lowest BCUT2D eigenvalue weighted by Gasteiger charge is -2.18. The highest BCUT2D eigenvalue weighted by Gasteiger charge is 2.38. The SMILES string of the molecule is CCNC(C)c1ccc(OCC(O)C(F)(F)F)c(C)c1. The van der Waals surface area contributed by atoms with Gasteiger partial charge in [-0.15, -0.1) is 0 Å². The summed E-state index contributed by atoms with van der Waals surface area (Å²) in [6, 6.07) is 5.45. The van der Waals surface area contributed by atoms with Gasteiger partial charge in [-0.1, -0.05) is 19.1 Å². The van der Waals surface area contributed by atoms with E-state index in [1.54, 1.807) is 19.1 Å². The second-order valence-corrected chi connectivity index (χ2v) is 4.67. The second kappa shape index (κ2) is 6.95. The molecule has 0 heterocycles. The van der Waals surface area contributed by atoms with Crippen LogP contribution in [0.15, 0.2) is 18.2 Å². The van der Waals surface area contributed by atoms with E-state index in [4.69, 9.17) is 9.84 Å². The molecule has 0 amide bonds. The Morgan fingerprint density at radius 1 is 1.35 bits per heavy atom. The molecule has 2 N–H and O–H groups in total. The predicted octanol–water partition coefficient (Wildman–Crippen LogP) is 2.97. The fourth-order valence-electron chi connectivity index (χ4n) is 1.79. The van der Waals surface area contributed by atoms with Crippen molar-refractivity contribution in [2.24, 2.45) is 0 Å². The van der Waals surface area contributed by atoms with Gasteiger partial charge in [0.05, 0.1) is 0 Å². The monoisotopic (exact) mass is 291 g/mol. The van der Waals surface area contributed by atoms with Gasteiger partial charge in [0.25, 0.3) is 0 Å². The van der Waals surface area contributed by atoms with Gasteiger partial charge >= 0.3 is 6.18 Å². The first-order valence-corrected chi connectivity index (χ1v) is 6.47. The first kappa shape index (κ1) is 16.8. The van der Waals surface area contributed by atoms with E-state index in [0.717, 1.165) is 17.7 Å². The summed E-state index contributed by atoms with van der Waals surface area (Å²) in [5, 5.41) is 12.1. The molecule has 1 aromatic carbocycles. The van der Waals surface area contributed by atoms with Gasteiger partial charge in [-0.25, -0.2) is 0 Å². The number of alkyl halides is 3. The van der Waals surface area contributed by atoms with Crippen molar-refractivity contribution < 1.29 is 23.0 Å². The number of hydrogen-bond donors (Lipinski definition) is 2. The Bertz CT molecular complexity index is 435. The van der Waals surface area contributed by atoms with Crippen LogP contribution in [0.25, 0.3) is 0 Å². The van der Waals surface area contributed by atoms with Gasteiger partial charge in [0.15, 0.2) is 6.10 Å². The van der Waals surface area contributed by atoms with E-state index in [2.05, 4.69) is 5.32 Å². The minimum Gasteiger partial charge on any atom is -0.490 e. The number of aliphatic hydroxyl groups excluding tert-OH is 1. The van der Waals surface area contributed by atoms with Gasteiger partial charge < -0.3 is 15.2 Å². The predicted molar refractivity (Wildman–Crippen MR) is 70.8 cm³/mol. The third-order valence-electron chi connectivity index (χ3n) is 2.98. The molecule has 2 unspecified atom stereocenters. The van der Waals surface area contributed by atoms with Crippen molar-refractivity contribution in [1.29, 1.82) is 0 Å². The molecule has 0 aromatic heterocycles. The molecule has 0 fully saturated rings. The van der Waals surface area contributed by atoms with E-state index in [0.29, 0.717) is 5.75 Å². The maximum atomic E-state index is 12.2. The summed E-state index contributed by atoms with van der Waals surface area (Å²) in [7, 11) is 0. The highest BCUT2D eigenvalue weighted by molar-refractivity contribution is 5.37. The molecule has 20 heavy (non-hydrogen) atoms. The zero-order chi connectivity index (χ0) is 15.3. The molecule has 0 aliphatic heterocycles. The van der Waals surface area contributed by atoms with Crippen LogP contribution in [-0.2, 0) is 0 Å². The third-order valence-corrected chi connectivity index (χ3v) is 2.98. The molecule has 0 bridgehead atoms. The molecule has 0 radical (unpaired) electrons. The van der Waals surface area contributed by atoms with Crippen LogP contribution in [-0.4, -0.2) is 30.5 Å². The van der Waals surface area contributed by atoms with E-state index in [-0.39, 0.29) is 6.04 Å². The van der Waals surface area contributed by atoms with Crippen molar-refractivity contribution in [3.63, 3.8) is 0 Å². The quantitative estimate of drug-likeness (QED) is 0.846. The van der Waals surface area contributed by atoms with Gasteiger partial charge in [-0.05, 0) is 37.6 Å². The molecule has 2 atom stereocenters. The van der Waals surface area contributed by atoms with Crippen LogP contribution in [0.5, 0.6) is 5.75 Å². The fraction of sp³-hybridized carbons (Fsp3) is 0.571. The Morgan fingerprint density at radius 3 is 2.50 bits per heavy atom. The molecule has 0 aliphatic rings. The molecule has 0 aliphatic carbocycles. The minimum absolute atomic E-state index is 0.161. The Hall–Kier alpha value is -1.27. The van der Waals surface area contributed by atoms with Crippen LogP contribution in [0, 0.1) is 6.92 Å². The van der Waals surface area contributed by atoms with Crippen molar-refractivity contribution in [3.05, 3.63) is 29.3 Å². The number of aryl methyl sites for hydroxylation is 1. The molecule has 3 nitrogen and oxygen atoms in total. The van der Waals surface area contributed by atoms with Gasteiger partial charge in [0.2, 0.25) is 0 Å². The van der Waals surface area contributed by atoms with Gasteiger partial charge in [-0.2, -0.15) is 13.2 Å². The van der Waals surface area contributed by atoms with Crippen LogP contribution < -0.4 is 10.1 Å². The van der Waals surface area contributed by atoms with E-state index < -0.39 is 18.9 Å². The summed E-state index contributed by atoms with van der Waals surface area (Å²) in [6.07, 6.45) is -7.13. The smallest absolute Gasteiger partial charge is 0.417 e. The number of benzene rings is 1. The molecular formula is C14H20F3NO2. The van der Waals surface area contributed by atoms with Crippen molar-refractivity contribution in [1.82, 2.24) is 5.32 Å². The molecule has 0 spiro atoms. The normalized spacial score (nSPS) is 14.9. The summed E-state index contributed by atoms with van der Waals surface area (Å²) in [6.45, 7) is 5.80. The summed E-state index contributed by atoms with van der Waals surface area (Å²) < 4.78 is 41.5. The zero-order valence-corrected chi connectivity index (χ0v) is 11.8. The van der Waals surface area contributed by atoms with Crippen molar-refractivity contribution in [2.45, 2.75) is 39.1 Å². The van der Waals surface area contributed by atoms with Crippen LogP contribution in [0.1, 0.15) is 31.0 Å². The highest BCUT2D eigenvalue weighted by Crippen LogP contribution is 2.25. The highest BCUT2D eigenvalue weighted by atomic mass is 19.4. The summed E-state index contributed by atoms with van der Waals surface area (Å²) >= 11 is 0. The van der Waals surface area contributed by atoms with Gasteiger partial charge in [0.1, 0.15) is 12.4 Å². The molecule has 0 saturated heterocycles. The van der Waals surface area contributed by atoms with Crippen molar-refractivity contribution >= 4 is 0 Å². The molecule has 1 aromatic rings. The molecule has 0 saturated carbocycles. The van der Waals surface area contributed by atoms with Gasteiger partial charge in [-0.3, -0.25) is 0 Å². The summed E-state index contributed by atoms with van der Waals surface area (Å²) in [4.78, 5) is 0. The van der Waals surface area contributed by atoms with Crippen molar-refractivity contribution in [3.8, 4) is 5.75 Å². The molecule has 1 rings (SSSR count). The largest absolute Gasteiger partial charge is 0.490 e. The van der Waals surface area contributed by atoms with E-state index >= 15 is 0 Å². The molecule has 6 heteroatoms. The fourth-order valence-corrected chi connectivity index (χ4v) is 1.79. The Kier molecular flexibility index (Phi) is 5.83. The average molecular weight is 291 g/mol. The van der Waals surface area contributed by atoms with E-state index in [1.807, 2.05) is 19.9 Å². The average Bonchev–Trinajstić information content (AvgIpc) is 2.36. The van der Waals surface area contributed by atoms with Crippen LogP contribution in [0.2, 0.25) is 0 Å². The lowest BCUT2D eigenvalue weighted by atomic mass is 10.1. The van der Waals surface area contributed by atoms with Crippen LogP contribution in [0.3, 0.4) is 0 Å². The van der Waals surface area contributed by atoms with Crippen LogP contribution >= 0.6 is 0 Å². The summed E-state index contributed by atoms with van der Waals surface area (Å²) in [5.41, 5.74) is 1.77. The standard InChI is InChI=1S/C14H20F3NO2/c1-4-18-10(3)11-5-6-12(9(2)7-11)20-8-13(19)14(15,16)17/h5-7,10,13,18-19H,4,8H2,1-3H3. The number of nitrogens with one attached hydrogen (secondary N) is 1. The molecule has 114 valence electrons. The van der Waals surface area contributed by atoms with Crippen molar-refractivity contribution in [2.75, 3.05) is 13.2 Å². The number of aliphatic hydroxyl groups is 1. The number of halogens is 3. The summed E-state index contributed by atoms with van der Waals surface area (Å²) in [5.74, 6) is 0.348. The number of hydrogen-bond acceptors (Lipinski definition) is 3. The second-order valence-electron chi connectivity index (χ2n) is 4.67. The Morgan fingerprint density at radius 2 is 2.00 bits per heavy atom. The maximum Gasteiger partial charge on any atom is 0.417 e. The first-order valence-electron chi connectivity index (χ1n) is 6.47.